The smallest absolute Gasteiger partial charge is 0.323 e. The van der Waals surface area contributed by atoms with Crippen molar-refractivity contribution >= 4 is 23.1 Å². The quantitative estimate of drug-likeness (QED) is 0.753. The molecule has 0 heterocycles. The number of carbonyl (C=O) groups excluding carboxylic acids is 1. The lowest BCUT2D eigenvalue weighted by Gasteiger charge is -2.12. The van der Waals surface area contributed by atoms with Gasteiger partial charge in [-0.05, 0) is 30.3 Å². The van der Waals surface area contributed by atoms with Gasteiger partial charge in [-0.1, -0.05) is 12.1 Å². The van der Waals surface area contributed by atoms with Crippen LogP contribution in [0.2, 0.25) is 0 Å². The summed E-state index contributed by atoms with van der Waals surface area (Å²) in [5, 5.41) is 14.1. The number of nitrogens with two attached hydrogens (primary N) is 1. The van der Waals surface area contributed by atoms with E-state index in [1.54, 1.807) is 36.4 Å². The first-order valence-corrected chi connectivity index (χ1v) is 6.14. The second kappa shape index (κ2) is 6.30. The van der Waals surface area contributed by atoms with E-state index in [2.05, 4.69) is 10.6 Å². The Hall–Kier alpha value is -3.20. The minimum atomic E-state index is -0.448. The Bertz CT molecular complexity index is 707. The average molecular weight is 282 g/mol. The van der Waals surface area contributed by atoms with Crippen LogP contribution in [0.25, 0.3) is 0 Å². The lowest BCUT2D eigenvalue weighted by molar-refractivity contribution is 0.262. The number of nitriles is 1. The zero-order valence-electron chi connectivity index (χ0n) is 11.4. The van der Waals surface area contributed by atoms with E-state index in [-0.39, 0.29) is 0 Å². The lowest BCUT2D eigenvalue weighted by Crippen LogP contribution is -2.20. The number of anilines is 3. The van der Waals surface area contributed by atoms with Gasteiger partial charge in [0.1, 0.15) is 5.75 Å². The second-order valence-electron chi connectivity index (χ2n) is 4.19. The van der Waals surface area contributed by atoms with Crippen LogP contribution < -0.4 is 21.1 Å². The van der Waals surface area contributed by atoms with Gasteiger partial charge in [-0.3, -0.25) is 0 Å². The minimum Gasteiger partial charge on any atom is -0.495 e. The molecule has 2 aromatic rings. The Kier molecular flexibility index (Phi) is 4.26. The number of ether oxygens (including phenoxy) is 1. The predicted molar refractivity (Wildman–Crippen MR) is 81.2 cm³/mol. The third-order valence-electron chi connectivity index (χ3n) is 2.78. The first-order chi connectivity index (χ1) is 10.1. The number of para-hydroxylation sites is 2. The summed E-state index contributed by atoms with van der Waals surface area (Å²) < 4.78 is 5.15. The first kappa shape index (κ1) is 14.2. The van der Waals surface area contributed by atoms with Gasteiger partial charge in [0.15, 0.2) is 0 Å². The number of hydrogen-bond donors (Lipinski definition) is 3. The molecule has 0 aromatic heterocycles. The molecule has 6 heteroatoms. The highest BCUT2D eigenvalue weighted by molar-refractivity contribution is 6.02. The van der Waals surface area contributed by atoms with E-state index in [0.717, 1.165) is 0 Å². The molecule has 2 amide bonds. The molecule has 0 aliphatic carbocycles. The molecule has 0 fully saturated rings. The molecule has 0 spiro atoms. The number of hydrogen-bond acceptors (Lipinski definition) is 4. The molecule has 0 bridgehead atoms. The SMILES string of the molecule is COc1ccccc1NC(=O)Nc1ccc(C#N)cc1N. The largest absolute Gasteiger partial charge is 0.495 e. The highest BCUT2D eigenvalue weighted by Crippen LogP contribution is 2.24. The fraction of sp³-hybridized carbons (Fsp3) is 0.0667. The Balaban J connectivity index is 2.10. The van der Waals surface area contributed by atoms with Crippen LogP contribution in [0.3, 0.4) is 0 Å². The van der Waals surface area contributed by atoms with Gasteiger partial charge in [0, 0.05) is 0 Å². The van der Waals surface area contributed by atoms with Crippen molar-refractivity contribution in [2.45, 2.75) is 0 Å². The van der Waals surface area contributed by atoms with Gasteiger partial charge in [-0.15, -0.1) is 0 Å². The number of nitrogens with zero attached hydrogens (tertiary/aromatic N) is 1. The minimum absolute atomic E-state index is 0.323. The van der Waals surface area contributed by atoms with Crippen LogP contribution in [-0.4, -0.2) is 13.1 Å². The predicted octanol–water partition coefficient (Wildman–Crippen LogP) is 2.79. The van der Waals surface area contributed by atoms with Crippen molar-refractivity contribution < 1.29 is 9.53 Å². The maximum atomic E-state index is 12.0. The van der Waals surface area contributed by atoms with Crippen LogP contribution in [0, 0.1) is 11.3 Å². The van der Waals surface area contributed by atoms with Crippen molar-refractivity contribution in [1.29, 1.82) is 5.26 Å². The molecular formula is C15H14N4O2. The molecule has 21 heavy (non-hydrogen) atoms. The fourth-order valence-corrected chi connectivity index (χ4v) is 1.77. The first-order valence-electron chi connectivity index (χ1n) is 6.14. The molecule has 2 rings (SSSR count). The van der Waals surface area contributed by atoms with Crippen LogP contribution in [0.4, 0.5) is 21.9 Å². The third-order valence-corrected chi connectivity index (χ3v) is 2.78. The summed E-state index contributed by atoms with van der Waals surface area (Å²) in [6.45, 7) is 0. The van der Waals surface area contributed by atoms with Crippen molar-refractivity contribution in [2.24, 2.45) is 0 Å². The Morgan fingerprint density at radius 2 is 1.90 bits per heavy atom. The van der Waals surface area contributed by atoms with E-state index in [4.69, 9.17) is 15.7 Å². The van der Waals surface area contributed by atoms with Gasteiger partial charge in [0.05, 0.1) is 35.8 Å². The molecule has 0 unspecified atom stereocenters. The summed E-state index contributed by atoms with van der Waals surface area (Å²) in [6, 6.07) is 13.2. The Morgan fingerprint density at radius 1 is 1.19 bits per heavy atom. The maximum Gasteiger partial charge on any atom is 0.323 e. The van der Waals surface area contributed by atoms with E-state index in [9.17, 15) is 4.79 Å². The molecule has 0 saturated carbocycles. The van der Waals surface area contributed by atoms with E-state index in [1.165, 1.54) is 13.2 Å². The van der Waals surface area contributed by atoms with E-state index in [0.29, 0.717) is 28.4 Å². The molecular weight excluding hydrogens is 268 g/mol. The van der Waals surface area contributed by atoms with Gasteiger partial charge in [-0.2, -0.15) is 5.26 Å². The monoisotopic (exact) mass is 282 g/mol. The fourth-order valence-electron chi connectivity index (χ4n) is 1.77. The number of methoxy groups -OCH3 is 1. The van der Waals surface area contributed by atoms with E-state index in [1.807, 2.05) is 6.07 Å². The normalized spacial score (nSPS) is 9.52. The Morgan fingerprint density at radius 3 is 2.57 bits per heavy atom. The molecule has 0 aliphatic rings. The third kappa shape index (κ3) is 3.42. The molecule has 6 nitrogen and oxygen atoms in total. The van der Waals surface area contributed by atoms with Gasteiger partial charge in [0.25, 0.3) is 0 Å². The van der Waals surface area contributed by atoms with Crippen LogP contribution >= 0.6 is 0 Å². The van der Waals surface area contributed by atoms with Crippen LogP contribution in [0.1, 0.15) is 5.56 Å². The number of urea groups is 1. The van der Waals surface area contributed by atoms with Crippen molar-refractivity contribution in [3.05, 3.63) is 48.0 Å². The van der Waals surface area contributed by atoms with Crippen LogP contribution in [-0.2, 0) is 0 Å². The van der Waals surface area contributed by atoms with Gasteiger partial charge >= 0.3 is 6.03 Å². The van der Waals surface area contributed by atoms with Gasteiger partial charge in [-0.25, -0.2) is 4.79 Å². The summed E-state index contributed by atoms with van der Waals surface area (Å²) >= 11 is 0. The number of nitrogens with one attached hydrogen (secondary N) is 2. The number of rotatable bonds is 3. The summed E-state index contributed by atoms with van der Waals surface area (Å²) in [6.07, 6.45) is 0. The highest BCUT2D eigenvalue weighted by atomic mass is 16.5. The number of nitrogen functional groups attached to an aromatic ring is 1. The standard InChI is InChI=1S/C15H14N4O2/c1-21-14-5-3-2-4-13(14)19-15(20)18-12-7-6-10(9-16)8-11(12)17/h2-8H,17H2,1H3,(H2,18,19,20). The topological polar surface area (TPSA) is 100 Å². The van der Waals surface area contributed by atoms with Crippen molar-refractivity contribution in [2.75, 3.05) is 23.5 Å². The molecule has 0 radical (unpaired) electrons. The Labute approximate surface area is 122 Å². The maximum absolute atomic E-state index is 12.0. The number of benzene rings is 2. The number of carbonyl (C=O) groups is 1. The van der Waals surface area contributed by atoms with Gasteiger partial charge in [0.2, 0.25) is 0 Å². The lowest BCUT2D eigenvalue weighted by atomic mass is 10.2. The van der Waals surface area contributed by atoms with E-state index >= 15 is 0 Å². The molecule has 2 aromatic carbocycles. The second-order valence-corrected chi connectivity index (χ2v) is 4.19. The summed E-state index contributed by atoms with van der Waals surface area (Å²) in [5.41, 5.74) is 7.51. The zero-order chi connectivity index (χ0) is 15.2. The molecule has 0 atom stereocenters. The van der Waals surface area contributed by atoms with Crippen LogP contribution in [0.5, 0.6) is 5.75 Å². The van der Waals surface area contributed by atoms with Crippen molar-refractivity contribution in [3.63, 3.8) is 0 Å². The van der Waals surface area contributed by atoms with E-state index < -0.39 is 6.03 Å². The molecule has 106 valence electrons. The zero-order valence-corrected chi connectivity index (χ0v) is 11.4. The molecule has 0 aliphatic heterocycles. The summed E-state index contributed by atoms with van der Waals surface area (Å²) in [5.74, 6) is 0.556. The highest BCUT2D eigenvalue weighted by Gasteiger charge is 2.08. The van der Waals surface area contributed by atoms with Crippen LogP contribution in [0.15, 0.2) is 42.5 Å². The molecule has 0 saturated heterocycles. The van der Waals surface area contributed by atoms with Gasteiger partial charge < -0.3 is 21.1 Å². The van der Waals surface area contributed by atoms with Crippen molar-refractivity contribution in [3.8, 4) is 11.8 Å². The average Bonchev–Trinajstić information content (AvgIpc) is 2.49. The van der Waals surface area contributed by atoms with Crippen molar-refractivity contribution in [1.82, 2.24) is 0 Å². The summed E-state index contributed by atoms with van der Waals surface area (Å²) in [7, 11) is 1.52. The molecule has 4 N–H and O–H groups in total. The summed E-state index contributed by atoms with van der Waals surface area (Å²) in [4.78, 5) is 12.0. The number of amides is 2.